The Kier molecular flexibility index (Phi) is 6.36. The molecule has 0 spiro atoms. The van der Waals surface area contributed by atoms with Gasteiger partial charge in [-0.3, -0.25) is 9.59 Å². The van der Waals surface area contributed by atoms with Crippen LogP contribution in [-0.2, 0) is 19.1 Å². The molecule has 1 N–H and O–H groups in total. The van der Waals surface area contributed by atoms with E-state index in [9.17, 15) is 14.4 Å². The van der Waals surface area contributed by atoms with Crippen molar-refractivity contribution in [3.05, 3.63) is 28.7 Å². The zero-order valence-corrected chi connectivity index (χ0v) is 15.3. The summed E-state index contributed by atoms with van der Waals surface area (Å²) in [4.78, 5) is 37.6. The minimum atomic E-state index is -1.05. The maximum Gasteiger partial charge on any atom is 0.397 e. The number of amides is 2. The standard InChI is InChI=1S/C17H21BrN2O4/c1-11-4-3-9-20(10-11)16(22)17(23)24-12(2)15(21)19-14-7-5-13(18)6-8-14/h5-8,11-12H,3-4,9-10H2,1-2H3,(H,19,21)/t11-,12-/m1/s1. The molecular formula is C17H21BrN2O4. The second-order valence-electron chi connectivity index (χ2n) is 6.04. The van der Waals surface area contributed by atoms with Crippen LogP contribution in [-0.4, -0.2) is 41.9 Å². The Bertz CT molecular complexity index is 618. The van der Waals surface area contributed by atoms with Crippen molar-refractivity contribution in [1.82, 2.24) is 4.90 Å². The molecule has 1 aromatic rings. The summed E-state index contributed by atoms with van der Waals surface area (Å²) in [6.07, 6.45) is 0.872. The number of esters is 1. The summed E-state index contributed by atoms with van der Waals surface area (Å²) < 4.78 is 5.90. The largest absolute Gasteiger partial charge is 0.445 e. The highest BCUT2D eigenvalue weighted by molar-refractivity contribution is 9.10. The molecule has 2 rings (SSSR count). The van der Waals surface area contributed by atoms with Crippen molar-refractivity contribution >= 4 is 39.4 Å². The highest BCUT2D eigenvalue weighted by Crippen LogP contribution is 2.16. The Labute approximate surface area is 149 Å². The summed E-state index contributed by atoms with van der Waals surface area (Å²) in [5.41, 5.74) is 0.585. The van der Waals surface area contributed by atoms with Crippen LogP contribution >= 0.6 is 15.9 Å². The lowest BCUT2D eigenvalue weighted by molar-refractivity contribution is -0.165. The topological polar surface area (TPSA) is 75.7 Å². The molecule has 24 heavy (non-hydrogen) atoms. The molecule has 2 amide bonds. The van der Waals surface area contributed by atoms with Crippen molar-refractivity contribution in [2.75, 3.05) is 18.4 Å². The van der Waals surface area contributed by atoms with Gasteiger partial charge in [0.15, 0.2) is 6.10 Å². The summed E-state index contributed by atoms with van der Waals surface area (Å²) in [5, 5.41) is 2.64. The number of ether oxygens (including phenoxy) is 1. The number of hydrogen-bond donors (Lipinski definition) is 1. The van der Waals surface area contributed by atoms with Gasteiger partial charge in [-0.1, -0.05) is 22.9 Å². The molecule has 7 heteroatoms. The van der Waals surface area contributed by atoms with Gasteiger partial charge in [0.2, 0.25) is 0 Å². The molecule has 0 aromatic heterocycles. The van der Waals surface area contributed by atoms with Gasteiger partial charge in [0, 0.05) is 23.2 Å². The van der Waals surface area contributed by atoms with Crippen LogP contribution in [0, 0.1) is 5.92 Å². The van der Waals surface area contributed by atoms with Gasteiger partial charge < -0.3 is 15.0 Å². The van der Waals surface area contributed by atoms with Gasteiger partial charge in [-0.15, -0.1) is 0 Å². The average Bonchev–Trinajstić information content (AvgIpc) is 2.56. The zero-order valence-electron chi connectivity index (χ0n) is 13.8. The molecule has 1 saturated heterocycles. The van der Waals surface area contributed by atoms with E-state index in [1.807, 2.05) is 6.92 Å². The molecule has 0 radical (unpaired) electrons. The van der Waals surface area contributed by atoms with Crippen LogP contribution in [0.2, 0.25) is 0 Å². The average molecular weight is 397 g/mol. The molecule has 1 aliphatic rings. The van der Waals surface area contributed by atoms with Crippen molar-refractivity contribution in [2.24, 2.45) is 5.92 Å². The van der Waals surface area contributed by atoms with E-state index in [1.54, 1.807) is 24.3 Å². The number of carbonyl (C=O) groups is 3. The Morgan fingerprint density at radius 3 is 2.58 bits per heavy atom. The third-order valence-corrected chi connectivity index (χ3v) is 4.41. The van der Waals surface area contributed by atoms with Crippen molar-refractivity contribution in [2.45, 2.75) is 32.8 Å². The van der Waals surface area contributed by atoms with E-state index < -0.39 is 23.9 Å². The SMILES string of the molecule is C[C@@H]1CCCN(C(=O)C(=O)O[C@H](C)C(=O)Nc2ccc(Br)cc2)C1. The van der Waals surface area contributed by atoms with Crippen LogP contribution < -0.4 is 5.32 Å². The lowest BCUT2D eigenvalue weighted by atomic mass is 10.0. The molecule has 130 valence electrons. The number of nitrogens with one attached hydrogen (secondary N) is 1. The predicted molar refractivity (Wildman–Crippen MR) is 93.3 cm³/mol. The van der Waals surface area contributed by atoms with E-state index in [1.165, 1.54) is 11.8 Å². The number of piperidine rings is 1. The summed E-state index contributed by atoms with van der Waals surface area (Å²) in [6, 6.07) is 7.01. The molecule has 1 fully saturated rings. The normalized spacial score (nSPS) is 18.6. The van der Waals surface area contributed by atoms with Gasteiger partial charge in [-0.2, -0.15) is 0 Å². The van der Waals surface area contributed by atoms with Crippen molar-refractivity contribution in [3.8, 4) is 0 Å². The molecular weight excluding hydrogens is 376 g/mol. The first-order valence-corrected chi connectivity index (χ1v) is 8.72. The van der Waals surface area contributed by atoms with Gasteiger partial charge in [-0.05, 0) is 49.9 Å². The van der Waals surface area contributed by atoms with Crippen LogP contribution in [0.15, 0.2) is 28.7 Å². The minimum Gasteiger partial charge on any atom is -0.445 e. The number of likely N-dealkylation sites (tertiary alicyclic amines) is 1. The highest BCUT2D eigenvalue weighted by atomic mass is 79.9. The maximum atomic E-state index is 12.1. The quantitative estimate of drug-likeness (QED) is 0.629. The van der Waals surface area contributed by atoms with E-state index in [2.05, 4.69) is 21.2 Å². The second kappa shape index (κ2) is 8.28. The first-order chi connectivity index (χ1) is 11.4. The summed E-state index contributed by atoms with van der Waals surface area (Å²) in [6.45, 7) is 4.59. The molecule has 0 saturated carbocycles. The van der Waals surface area contributed by atoms with Crippen LogP contribution in [0.25, 0.3) is 0 Å². The van der Waals surface area contributed by atoms with Gasteiger partial charge in [0.05, 0.1) is 0 Å². The minimum absolute atomic E-state index is 0.369. The Morgan fingerprint density at radius 2 is 1.96 bits per heavy atom. The highest BCUT2D eigenvalue weighted by Gasteiger charge is 2.29. The van der Waals surface area contributed by atoms with E-state index in [4.69, 9.17) is 4.74 Å². The molecule has 1 aromatic carbocycles. The Hall–Kier alpha value is -1.89. The van der Waals surface area contributed by atoms with E-state index in [0.717, 1.165) is 17.3 Å². The number of carbonyl (C=O) groups excluding carboxylic acids is 3. The lowest BCUT2D eigenvalue weighted by Crippen LogP contribution is -2.45. The molecule has 0 unspecified atom stereocenters. The fourth-order valence-electron chi connectivity index (χ4n) is 2.54. The van der Waals surface area contributed by atoms with E-state index >= 15 is 0 Å². The van der Waals surface area contributed by atoms with Crippen molar-refractivity contribution in [1.29, 1.82) is 0 Å². The molecule has 1 aliphatic heterocycles. The van der Waals surface area contributed by atoms with Crippen LogP contribution in [0.4, 0.5) is 5.69 Å². The maximum absolute atomic E-state index is 12.1. The number of halogens is 1. The fourth-order valence-corrected chi connectivity index (χ4v) is 2.81. The summed E-state index contributed by atoms with van der Waals surface area (Å²) >= 11 is 3.31. The van der Waals surface area contributed by atoms with Gasteiger partial charge in [-0.25, -0.2) is 4.79 Å². The summed E-state index contributed by atoms with van der Waals surface area (Å²) in [7, 11) is 0. The number of anilines is 1. The third-order valence-electron chi connectivity index (χ3n) is 3.88. The number of hydrogen-bond acceptors (Lipinski definition) is 4. The number of rotatable bonds is 3. The monoisotopic (exact) mass is 396 g/mol. The summed E-state index contributed by atoms with van der Waals surface area (Å²) in [5.74, 6) is -1.77. The molecule has 6 nitrogen and oxygen atoms in total. The molecule has 0 aliphatic carbocycles. The third kappa shape index (κ3) is 5.06. The number of benzene rings is 1. The van der Waals surface area contributed by atoms with E-state index in [0.29, 0.717) is 24.7 Å². The van der Waals surface area contributed by atoms with Crippen molar-refractivity contribution < 1.29 is 19.1 Å². The van der Waals surface area contributed by atoms with Crippen molar-refractivity contribution in [3.63, 3.8) is 0 Å². The first-order valence-electron chi connectivity index (χ1n) is 7.93. The van der Waals surface area contributed by atoms with Gasteiger partial charge in [0.25, 0.3) is 5.91 Å². The Morgan fingerprint density at radius 1 is 1.29 bits per heavy atom. The van der Waals surface area contributed by atoms with Crippen LogP contribution in [0.1, 0.15) is 26.7 Å². The van der Waals surface area contributed by atoms with Gasteiger partial charge >= 0.3 is 11.9 Å². The predicted octanol–water partition coefficient (Wildman–Crippen LogP) is 2.58. The second-order valence-corrected chi connectivity index (χ2v) is 6.96. The van der Waals surface area contributed by atoms with E-state index in [-0.39, 0.29) is 0 Å². The van der Waals surface area contributed by atoms with Gasteiger partial charge in [0.1, 0.15) is 0 Å². The van der Waals surface area contributed by atoms with Crippen LogP contribution in [0.5, 0.6) is 0 Å². The molecule has 2 atom stereocenters. The Balaban J connectivity index is 1.86. The smallest absolute Gasteiger partial charge is 0.397 e. The number of nitrogens with zero attached hydrogens (tertiary/aromatic N) is 1. The fraction of sp³-hybridized carbons (Fsp3) is 0.471. The lowest BCUT2D eigenvalue weighted by Gasteiger charge is -2.30. The molecule has 0 bridgehead atoms. The zero-order chi connectivity index (χ0) is 17.7. The molecule has 1 heterocycles. The first kappa shape index (κ1) is 18.4. The van der Waals surface area contributed by atoms with Crippen LogP contribution in [0.3, 0.4) is 0 Å².